The van der Waals surface area contributed by atoms with Crippen LogP contribution < -0.4 is 0 Å². The maximum absolute atomic E-state index is 2.41. The van der Waals surface area contributed by atoms with Gasteiger partial charge in [0.1, 0.15) is 0 Å². The average Bonchev–Trinajstić information content (AvgIpc) is 2.75. The largest absolute Gasteiger partial charge is 0.316 e. The van der Waals surface area contributed by atoms with Gasteiger partial charge < -0.3 is 9.47 Å². The number of nitrogens with zero attached hydrogens (tertiary/aromatic N) is 2. The van der Waals surface area contributed by atoms with E-state index >= 15 is 0 Å². The summed E-state index contributed by atoms with van der Waals surface area (Å²) in [5.41, 5.74) is 7.07. The predicted molar refractivity (Wildman–Crippen MR) is 88.1 cm³/mol. The van der Waals surface area contributed by atoms with Crippen molar-refractivity contribution < 1.29 is 0 Å². The van der Waals surface area contributed by atoms with E-state index in [0.717, 1.165) is 19.4 Å². The van der Waals surface area contributed by atoms with Gasteiger partial charge in [0.25, 0.3) is 0 Å². The van der Waals surface area contributed by atoms with Crippen molar-refractivity contribution in [3.05, 3.63) is 65.4 Å². The van der Waals surface area contributed by atoms with Gasteiger partial charge in [0.15, 0.2) is 0 Å². The highest BCUT2D eigenvalue weighted by atomic mass is 15.1. The first kappa shape index (κ1) is 12.7. The molecule has 1 aliphatic heterocycles. The summed E-state index contributed by atoms with van der Waals surface area (Å²) in [6.45, 7) is 0.981. The Bertz CT molecular complexity index is 812. The molecule has 0 unspecified atom stereocenters. The minimum Gasteiger partial charge on any atom is -0.316 e. The second-order valence-electron chi connectivity index (χ2n) is 6.20. The Balaban J connectivity index is 2.04. The average molecular weight is 276 g/mol. The molecule has 2 nitrogen and oxygen atoms in total. The van der Waals surface area contributed by atoms with Gasteiger partial charge in [0.2, 0.25) is 0 Å². The molecule has 106 valence electrons. The van der Waals surface area contributed by atoms with Crippen LogP contribution in [-0.4, -0.2) is 23.6 Å². The lowest BCUT2D eigenvalue weighted by Crippen LogP contribution is -2.10. The Morgan fingerprint density at radius 3 is 2.57 bits per heavy atom. The molecule has 0 aliphatic carbocycles. The Morgan fingerprint density at radius 1 is 0.952 bits per heavy atom. The minimum absolute atomic E-state index is 0.981. The molecule has 0 N–H and O–H groups in total. The lowest BCUT2D eigenvalue weighted by molar-refractivity contribution is 0.404. The highest BCUT2D eigenvalue weighted by molar-refractivity contribution is 5.89. The van der Waals surface area contributed by atoms with Gasteiger partial charge in [0, 0.05) is 23.8 Å². The van der Waals surface area contributed by atoms with Crippen molar-refractivity contribution in [3.8, 4) is 5.69 Å². The number of benzene rings is 2. The number of fused-ring (bicyclic) bond motifs is 2. The van der Waals surface area contributed by atoms with Crippen molar-refractivity contribution in [1.82, 2.24) is 9.47 Å². The van der Waals surface area contributed by atoms with Gasteiger partial charge in [-0.1, -0.05) is 36.4 Å². The Hall–Kier alpha value is -2.06. The van der Waals surface area contributed by atoms with E-state index in [9.17, 15) is 0 Å². The van der Waals surface area contributed by atoms with Crippen LogP contribution >= 0.6 is 0 Å². The van der Waals surface area contributed by atoms with Gasteiger partial charge in [-0.15, -0.1) is 0 Å². The summed E-state index contributed by atoms with van der Waals surface area (Å²) in [7, 11) is 4.26. The molecule has 0 fully saturated rings. The van der Waals surface area contributed by atoms with Crippen molar-refractivity contribution in [2.75, 3.05) is 14.1 Å². The van der Waals surface area contributed by atoms with E-state index in [0.29, 0.717) is 0 Å². The van der Waals surface area contributed by atoms with Gasteiger partial charge in [-0.3, -0.25) is 0 Å². The molecular formula is C19H20N2. The molecule has 4 rings (SSSR count). The molecular weight excluding hydrogens is 256 g/mol. The summed E-state index contributed by atoms with van der Waals surface area (Å²) in [5.74, 6) is 0. The van der Waals surface area contributed by atoms with Crippen LogP contribution in [0, 0.1) is 0 Å². The fourth-order valence-electron chi connectivity index (χ4n) is 3.51. The van der Waals surface area contributed by atoms with Crippen molar-refractivity contribution in [2.24, 2.45) is 0 Å². The first-order valence-corrected chi connectivity index (χ1v) is 7.59. The van der Waals surface area contributed by atoms with E-state index in [1.54, 1.807) is 0 Å². The number of hydrogen-bond donors (Lipinski definition) is 0. The normalized spacial score (nSPS) is 13.5. The maximum atomic E-state index is 2.41. The van der Waals surface area contributed by atoms with Crippen molar-refractivity contribution >= 4 is 10.9 Å². The number of hydrogen-bond acceptors (Lipinski definition) is 1. The topological polar surface area (TPSA) is 8.17 Å². The Labute approximate surface area is 125 Å². The fourth-order valence-corrected chi connectivity index (χ4v) is 3.51. The highest BCUT2D eigenvalue weighted by Gasteiger charge is 2.18. The third-order valence-corrected chi connectivity index (χ3v) is 4.39. The van der Waals surface area contributed by atoms with E-state index < -0.39 is 0 Å². The lowest BCUT2D eigenvalue weighted by atomic mass is 10.0. The molecule has 2 heterocycles. The summed E-state index contributed by atoms with van der Waals surface area (Å²) >= 11 is 0. The smallest absolute Gasteiger partial charge is 0.0564 e. The summed E-state index contributed by atoms with van der Waals surface area (Å²) in [6.07, 6.45) is 4.58. The number of para-hydroxylation sites is 2. The molecule has 0 bridgehead atoms. The van der Waals surface area contributed by atoms with E-state index in [-0.39, 0.29) is 0 Å². The minimum atomic E-state index is 0.981. The van der Waals surface area contributed by atoms with Crippen LogP contribution in [0.2, 0.25) is 0 Å². The number of aryl methyl sites for hydroxylation is 2. The highest BCUT2D eigenvalue weighted by Crippen LogP contribution is 2.33. The first-order valence-electron chi connectivity index (χ1n) is 7.59. The molecule has 0 spiro atoms. The first-order chi connectivity index (χ1) is 10.2. The molecule has 1 aliphatic rings. The Kier molecular flexibility index (Phi) is 2.86. The number of rotatable bonds is 2. The third kappa shape index (κ3) is 1.98. The fraction of sp³-hybridized carbons (Fsp3) is 0.263. The van der Waals surface area contributed by atoms with Crippen LogP contribution in [0.15, 0.2) is 48.7 Å². The van der Waals surface area contributed by atoms with Gasteiger partial charge in [-0.05, 0) is 49.7 Å². The van der Waals surface area contributed by atoms with E-state index in [1.165, 1.54) is 33.3 Å². The molecule has 21 heavy (non-hydrogen) atoms. The molecule has 2 heteroatoms. The lowest BCUT2D eigenvalue weighted by Gasteiger charge is -2.09. The summed E-state index contributed by atoms with van der Waals surface area (Å²) < 4.78 is 2.41. The van der Waals surface area contributed by atoms with Crippen LogP contribution in [0.5, 0.6) is 0 Å². The van der Waals surface area contributed by atoms with Crippen LogP contribution in [-0.2, 0) is 19.4 Å². The number of aromatic nitrogens is 1. The van der Waals surface area contributed by atoms with Crippen LogP contribution in [0.1, 0.15) is 16.7 Å². The zero-order valence-electron chi connectivity index (χ0n) is 12.6. The second-order valence-corrected chi connectivity index (χ2v) is 6.20. The molecule has 1 aromatic heterocycles. The molecule has 0 atom stereocenters. The van der Waals surface area contributed by atoms with E-state index in [1.807, 2.05) is 0 Å². The van der Waals surface area contributed by atoms with Gasteiger partial charge in [-0.2, -0.15) is 0 Å². The third-order valence-electron chi connectivity index (χ3n) is 4.39. The Morgan fingerprint density at radius 2 is 1.71 bits per heavy atom. The molecule has 0 radical (unpaired) electrons. The summed E-state index contributed by atoms with van der Waals surface area (Å²) in [6, 6.07) is 15.6. The monoisotopic (exact) mass is 276 g/mol. The second kappa shape index (κ2) is 4.74. The summed E-state index contributed by atoms with van der Waals surface area (Å²) in [4.78, 5) is 2.24. The van der Waals surface area contributed by atoms with Crippen molar-refractivity contribution in [3.63, 3.8) is 0 Å². The molecule has 0 saturated heterocycles. The molecule has 0 amide bonds. The predicted octanol–water partition coefficient (Wildman–Crippen LogP) is 3.79. The summed E-state index contributed by atoms with van der Waals surface area (Å²) in [5, 5.41) is 1.40. The van der Waals surface area contributed by atoms with E-state index in [2.05, 4.69) is 72.2 Å². The van der Waals surface area contributed by atoms with Crippen LogP contribution in [0.3, 0.4) is 0 Å². The SMILES string of the molecule is CN(C)Cc1cn2c3c(cccc13)CCc1ccccc1-2. The van der Waals surface area contributed by atoms with Gasteiger partial charge >= 0.3 is 0 Å². The zero-order valence-corrected chi connectivity index (χ0v) is 12.6. The zero-order chi connectivity index (χ0) is 14.4. The van der Waals surface area contributed by atoms with Crippen molar-refractivity contribution in [2.45, 2.75) is 19.4 Å². The van der Waals surface area contributed by atoms with Crippen LogP contribution in [0.4, 0.5) is 0 Å². The molecule has 3 aromatic rings. The van der Waals surface area contributed by atoms with Crippen molar-refractivity contribution in [1.29, 1.82) is 0 Å². The van der Waals surface area contributed by atoms with Gasteiger partial charge in [0.05, 0.1) is 5.52 Å². The standard InChI is InChI=1S/C19H20N2/c1-20(2)12-16-13-21-18-9-4-3-6-14(18)10-11-15-7-5-8-17(16)19(15)21/h3-9,13H,10-12H2,1-2H3. The molecule has 0 saturated carbocycles. The maximum Gasteiger partial charge on any atom is 0.0564 e. The molecule has 2 aromatic carbocycles. The van der Waals surface area contributed by atoms with E-state index in [4.69, 9.17) is 0 Å². The van der Waals surface area contributed by atoms with Crippen LogP contribution in [0.25, 0.3) is 16.6 Å². The van der Waals surface area contributed by atoms with Gasteiger partial charge in [-0.25, -0.2) is 0 Å². The quantitative estimate of drug-likeness (QED) is 0.691.